The van der Waals surface area contributed by atoms with Crippen LogP contribution in [0.25, 0.3) is 11.1 Å². The second-order valence-corrected chi connectivity index (χ2v) is 10.9. The van der Waals surface area contributed by atoms with E-state index in [9.17, 15) is 19.5 Å². The minimum Gasteiger partial charge on any atom is -0.480 e. The third-order valence-corrected chi connectivity index (χ3v) is 6.88. The van der Waals surface area contributed by atoms with Crippen LogP contribution in [-0.4, -0.2) is 53.7 Å². The molecule has 35 heavy (non-hydrogen) atoms. The van der Waals surface area contributed by atoms with Gasteiger partial charge in [0.1, 0.15) is 18.7 Å². The third-order valence-electron chi connectivity index (χ3n) is 6.88. The molecule has 0 spiro atoms. The SMILES string of the molecule is CN(C(=O)C(NC(=O)OCC1c2ccccc2-c2ccccc21)C1CC1)C(CC(C)(C)C)C(=O)O. The predicted molar refractivity (Wildman–Crippen MR) is 133 cm³/mol. The van der Waals surface area contributed by atoms with Crippen LogP contribution in [0.3, 0.4) is 0 Å². The lowest BCUT2D eigenvalue weighted by molar-refractivity contribution is -0.151. The zero-order valence-electron chi connectivity index (χ0n) is 20.8. The molecular formula is C28H34N2O5. The van der Waals surface area contributed by atoms with Crippen molar-refractivity contribution < 1.29 is 24.2 Å². The molecule has 4 rings (SSSR count). The Kier molecular flexibility index (Phi) is 6.88. The van der Waals surface area contributed by atoms with Crippen LogP contribution in [0.2, 0.25) is 0 Å². The van der Waals surface area contributed by atoms with Crippen molar-refractivity contribution in [2.75, 3.05) is 13.7 Å². The molecule has 2 aliphatic rings. The molecule has 186 valence electrons. The molecule has 2 unspecified atom stereocenters. The molecule has 2 aromatic rings. The van der Waals surface area contributed by atoms with E-state index in [0.717, 1.165) is 35.1 Å². The van der Waals surface area contributed by atoms with E-state index in [0.29, 0.717) is 6.42 Å². The zero-order chi connectivity index (χ0) is 25.3. The average Bonchev–Trinajstić information content (AvgIpc) is 3.60. The Morgan fingerprint density at radius 1 is 1.03 bits per heavy atom. The fourth-order valence-electron chi connectivity index (χ4n) is 4.92. The summed E-state index contributed by atoms with van der Waals surface area (Å²) in [6, 6.07) is 14.4. The van der Waals surface area contributed by atoms with E-state index < -0.39 is 30.1 Å². The van der Waals surface area contributed by atoms with Gasteiger partial charge in [-0.3, -0.25) is 4.79 Å². The van der Waals surface area contributed by atoms with E-state index in [-0.39, 0.29) is 23.9 Å². The molecule has 2 N–H and O–H groups in total. The Morgan fingerprint density at radius 3 is 2.06 bits per heavy atom. The number of rotatable bonds is 8. The minimum atomic E-state index is -1.05. The number of likely N-dealkylation sites (N-methyl/N-ethyl adjacent to an activating group) is 1. The number of nitrogens with zero attached hydrogens (tertiary/aromatic N) is 1. The van der Waals surface area contributed by atoms with Gasteiger partial charge >= 0.3 is 12.1 Å². The molecule has 2 aromatic carbocycles. The number of aliphatic carboxylic acids is 1. The van der Waals surface area contributed by atoms with Gasteiger partial charge in [0, 0.05) is 13.0 Å². The summed E-state index contributed by atoms with van der Waals surface area (Å²) in [7, 11) is 1.50. The standard InChI is InChI=1S/C28H34N2O5/c1-28(2,3)15-23(26(32)33)30(4)25(31)24(17-13-14-17)29-27(34)35-16-22-20-11-7-5-9-18(20)19-10-6-8-12-21(19)22/h5-12,17,22-24H,13-16H2,1-4H3,(H,29,34)(H,32,33). The highest BCUT2D eigenvalue weighted by molar-refractivity contribution is 5.89. The van der Waals surface area contributed by atoms with Crippen LogP contribution in [0.15, 0.2) is 48.5 Å². The third kappa shape index (κ3) is 5.50. The summed E-state index contributed by atoms with van der Waals surface area (Å²) in [5.74, 6) is -1.52. The summed E-state index contributed by atoms with van der Waals surface area (Å²) in [5.41, 5.74) is 4.24. The van der Waals surface area contributed by atoms with Gasteiger partial charge in [0.05, 0.1) is 0 Å². The largest absolute Gasteiger partial charge is 0.480 e. The van der Waals surface area contributed by atoms with Crippen LogP contribution in [0.4, 0.5) is 4.79 Å². The molecule has 0 saturated heterocycles. The smallest absolute Gasteiger partial charge is 0.407 e. The highest BCUT2D eigenvalue weighted by atomic mass is 16.5. The van der Waals surface area contributed by atoms with Gasteiger partial charge in [-0.15, -0.1) is 0 Å². The van der Waals surface area contributed by atoms with E-state index in [1.54, 1.807) is 0 Å². The van der Waals surface area contributed by atoms with Crippen LogP contribution >= 0.6 is 0 Å². The van der Waals surface area contributed by atoms with Crippen molar-refractivity contribution in [1.82, 2.24) is 10.2 Å². The number of hydrogen-bond acceptors (Lipinski definition) is 4. The molecule has 2 atom stereocenters. The molecule has 0 aromatic heterocycles. The quantitative estimate of drug-likeness (QED) is 0.576. The zero-order valence-corrected chi connectivity index (χ0v) is 20.8. The first-order chi connectivity index (χ1) is 16.6. The van der Waals surface area contributed by atoms with Gasteiger partial charge in [-0.1, -0.05) is 69.3 Å². The molecular weight excluding hydrogens is 444 g/mol. The molecule has 0 bridgehead atoms. The second-order valence-electron chi connectivity index (χ2n) is 10.9. The Balaban J connectivity index is 1.43. The lowest BCUT2D eigenvalue weighted by Gasteiger charge is -2.32. The summed E-state index contributed by atoms with van der Waals surface area (Å²) in [6.07, 6.45) is 1.27. The summed E-state index contributed by atoms with van der Waals surface area (Å²) in [6.45, 7) is 5.97. The van der Waals surface area contributed by atoms with Crippen molar-refractivity contribution >= 4 is 18.0 Å². The number of carbonyl (C=O) groups excluding carboxylic acids is 2. The Labute approximate surface area is 206 Å². The van der Waals surface area contributed by atoms with Crippen LogP contribution in [0.1, 0.15) is 57.1 Å². The van der Waals surface area contributed by atoms with Crippen molar-refractivity contribution in [3.05, 3.63) is 59.7 Å². The first-order valence-electron chi connectivity index (χ1n) is 12.2. The van der Waals surface area contributed by atoms with Gasteiger partial charge in [-0.2, -0.15) is 0 Å². The molecule has 2 aliphatic carbocycles. The fraction of sp³-hybridized carbons (Fsp3) is 0.464. The minimum absolute atomic E-state index is 0.00508. The number of ether oxygens (including phenoxy) is 1. The van der Waals surface area contributed by atoms with Gasteiger partial charge < -0.3 is 20.1 Å². The molecule has 1 fully saturated rings. The number of carboxylic acids is 1. The van der Waals surface area contributed by atoms with E-state index in [1.165, 1.54) is 11.9 Å². The summed E-state index contributed by atoms with van der Waals surface area (Å²) in [4.78, 5) is 39.2. The Morgan fingerprint density at radius 2 is 1.57 bits per heavy atom. The predicted octanol–water partition coefficient (Wildman–Crippen LogP) is 4.65. The van der Waals surface area contributed by atoms with Crippen LogP contribution in [0.5, 0.6) is 0 Å². The number of nitrogens with one attached hydrogen (secondary N) is 1. The number of carbonyl (C=O) groups is 3. The highest BCUT2D eigenvalue weighted by Gasteiger charge is 2.42. The molecule has 0 radical (unpaired) electrons. The van der Waals surface area contributed by atoms with Crippen molar-refractivity contribution in [2.24, 2.45) is 11.3 Å². The van der Waals surface area contributed by atoms with Crippen LogP contribution < -0.4 is 5.32 Å². The average molecular weight is 479 g/mol. The number of amides is 2. The van der Waals surface area contributed by atoms with E-state index >= 15 is 0 Å². The monoisotopic (exact) mass is 478 g/mol. The number of fused-ring (bicyclic) bond motifs is 3. The van der Waals surface area contributed by atoms with E-state index in [2.05, 4.69) is 17.4 Å². The van der Waals surface area contributed by atoms with Crippen LogP contribution in [-0.2, 0) is 14.3 Å². The normalized spacial score (nSPS) is 16.6. The van der Waals surface area contributed by atoms with E-state index in [1.807, 2.05) is 57.2 Å². The van der Waals surface area contributed by atoms with Gasteiger partial charge in [0.25, 0.3) is 0 Å². The maximum atomic E-state index is 13.3. The van der Waals surface area contributed by atoms with Gasteiger partial charge in [-0.25, -0.2) is 9.59 Å². The molecule has 7 heteroatoms. The van der Waals surface area contributed by atoms with Gasteiger partial charge in [-0.05, 0) is 52.8 Å². The molecule has 0 heterocycles. The van der Waals surface area contributed by atoms with Crippen molar-refractivity contribution in [3.63, 3.8) is 0 Å². The van der Waals surface area contributed by atoms with Crippen molar-refractivity contribution in [1.29, 1.82) is 0 Å². The van der Waals surface area contributed by atoms with Crippen molar-refractivity contribution in [3.8, 4) is 11.1 Å². The summed E-state index contributed by atoms with van der Waals surface area (Å²) < 4.78 is 5.63. The summed E-state index contributed by atoms with van der Waals surface area (Å²) >= 11 is 0. The molecule has 1 saturated carbocycles. The maximum Gasteiger partial charge on any atom is 0.407 e. The van der Waals surface area contributed by atoms with Gasteiger partial charge in [0.15, 0.2) is 0 Å². The number of hydrogen-bond donors (Lipinski definition) is 2. The summed E-state index contributed by atoms with van der Waals surface area (Å²) in [5, 5.41) is 12.5. The topological polar surface area (TPSA) is 95.9 Å². The lowest BCUT2D eigenvalue weighted by atomic mass is 9.87. The number of benzene rings is 2. The maximum absolute atomic E-state index is 13.3. The number of alkyl carbamates (subject to hydrolysis) is 1. The first kappa shape index (κ1) is 24.8. The van der Waals surface area contributed by atoms with Crippen LogP contribution in [0, 0.1) is 11.3 Å². The van der Waals surface area contributed by atoms with Gasteiger partial charge in [0.2, 0.25) is 5.91 Å². The highest BCUT2D eigenvalue weighted by Crippen LogP contribution is 2.44. The molecule has 7 nitrogen and oxygen atoms in total. The second kappa shape index (κ2) is 9.72. The van der Waals surface area contributed by atoms with Crippen molar-refractivity contribution in [2.45, 2.75) is 58.0 Å². The Bertz CT molecular complexity index is 1070. The molecule has 2 amide bonds. The van der Waals surface area contributed by atoms with E-state index in [4.69, 9.17) is 4.74 Å². The fourth-order valence-corrected chi connectivity index (χ4v) is 4.92. The Hall–Kier alpha value is -3.35. The molecule has 0 aliphatic heterocycles. The first-order valence-corrected chi connectivity index (χ1v) is 12.2. The number of carboxylic acid groups (broad SMARTS) is 1. The lowest BCUT2D eigenvalue weighted by Crippen LogP contribution is -2.54.